The lowest BCUT2D eigenvalue weighted by molar-refractivity contribution is -0.134. The molecular formula is C11H19NO2. The molecule has 0 bridgehead atoms. The lowest BCUT2D eigenvalue weighted by Crippen LogP contribution is -2.40. The third-order valence-electron chi connectivity index (χ3n) is 3.29. The first-order valence-electron chi connectivity index (χ1n) is 5.71. The first-order valence-corrected chi connectivity index (χ1v) is 5.71. The Morgan fingerprint density at radius 2 is 2.14 bits per heavy atom. The minimum absolute atomic E-state index is 0.260. The Kier molecular flexibility index (Phi) is 3.06. The number of piperidine rings is 1. The number of nitrogens with zero attached hydrogens (tertiary/aromatic N) is 1. The second kappa shape index (κ2) is 4.30. The van der Waals surface area contributed by atoms with Gasteiger partial charge in [0.25, 0.3) is 0 Å². The molecule has 1 N–H and O–H groups in total. The highest BCUT2D eigenvalue weighted by atomic mass is 16.3. The van der Waals surface area contributed by atoms with Crippen molar-refractivity contribution in [3.05, 3.63) is 0 Å². The fraction of sp³-hybridized carbons (Fsp3) is 0.909. The summed E-state index contributed by atoms with van der Waals surface area (Å²) in [6.07, 6.45) is 5.34. The molecule has 0 aromatic carbocycles. The molecule has 1 saturated heterocycles. The summed E-state index contributed by atoms with van der Waals surface area (Å²) < 4.78 is 0. The molecule has 0 spiro atoms. The minimum Gasteiger partial charge on any atom is -0.396 e. The summed E-state index contributed by atoms with van der Waals surface area (Å²) in [5.74, 6) is 1.26. The van der Waals surface area contributed by atoms with Crippen LogP contribution in [0.5, 0.6) is 0 Å². The van der Waals surface area contributed by atoms with E-state index in [1.165, 1.54) is 6.42 Å². The molecular weight excluding hydrogens is 178 g/mol. The van der Waals surface area contributed by atoms with Crippen molar-refractivity contribution in [1.82, 2.24) is 4.90 Å². The van der Waals surface area contributed by atoms with Crippen molar-refractivity contribution < 1.29 is 9.90 Å². The molecule has 1 aliphatic carbocycles. The van der Waals surface area contributed by atoms with Crippen molar-refractivity contribution in [2.24, 2.45) is 11.8 Å². The Hall–Kier alpha value is -0.570. The highest BCUT2D eigenvalue weighted by molar-refractivity contribution is 5.81. The van der Waals surface area contributed by atoms with Crippen LogP contribution in [0.15, 0.2) is 0 Å². The van der Waals surface area contributed by atoms with Gasteiger partial charge < -0.3 is 10.0 Å². The molecule has 1 unspecified atom stereocenters. The zero-order valence-electron chi connectivity index (χ0n) is 8.61. The van der Waals surface area contributed by atoms with Gasteiger partial charge in [0.05, 0.1) is 0 Å². The number of hydrogen-bond acceptors (Lipinski definition) is 2. The molecule has 3 heteroatoms. The van der Waals surface area contributed by atoms with E-state index in [-0.39, 0.29) is 6.61 Å². The molecule has 1 saturated carbocycles. The van der Waals surface area contributed by atoms with E-state index in [1.807, 2.05) is 4.90 Å². The van der Waals surface area contributed by atoms with Crippen LogP contribution in [-0.2, 0) is 4.79 Å². The average Bonchev–Trinajstić information content (AvgIpc) is 3.01. The molecule has 1 heterocycles. The van der Waals surface area contributed by atoms with Gasteiger partial charge in [0.15, 0.2) is 0 Å². The highest BCUT2D eigenvalue weighted by Gasteiger charge is 2.35. The molecule has 1 aliphatic heterocycles. The van der Waals surface area contributed by atoms with Crippen molar-refractivity contribution >= 4 is 5.91 Å². The molecule has 2 fully saturated rings. The predicted octanol–water partition coefficient (Wildman–Crippen LogP) is 1.02. The summed E-state index contributed by atoms with van der Waals surface area (Å²) >= 11 is 0. The quantitative estimate of drug-likeness (QED) is 0.733. The molecule has 2 aliphatic rings. The molecule has 80 valence electrons. The normalized spacial score (nSPS) is 27.8. The lowest BCUT2D eigenvalue weighted by atomic mass is 9.95. The van der Waals surface area contributed by atoms with Crippen LogP contribution < -0.4 is 0 Å². The van der Waals surface area contributed by atoms with Gasteiger partial charge in [-0.3, -0.25) is 4.79 Å². The number of aliphatic hydroxyl groups is 1. The molecule has 0 aromatic heterocycles. The van der Waals surface area contributed by atoms with Gasteiger partial charge >= 0.3 is 0 Å². The van der Waals surface area contributed by atoms with Gasteiger partial charge in [0, 0.05) is 25.6 Å². The number of carbonyl (C=O) groups excluding carboxylic acids is 1. The van der Waals surface area contributed by atoms with Gasteiger partial charge in [-0.2, -0.15) is 0 Å². The Morgan fingerprint density at radius 1 is 1.36 bits per heavy atom. The van der Waals surface area contributed by atoms with Crippen LogP contribution in [0.25, 0.3) is 0 Å². The van der Waals surface area contributed by atoms with Crippen LogP contribution in [0.3, 0.4) is 0 Å². The molecule has 2 rings (SSSR count). The monoisotopic (exact) mass is 197 g/mol. The standard InChI is InChI=1S/C11H19NO2/c13-7-5-9-2-1-6-12(8-9)11(14)10-3-4-10/h9-10,13H,1-8H2. The Morgan fingerprint density at radius 3 is 2.79 bits per heavy atom. The molecule has 1 amide bonds. The maximum Gasteiger partial charge on any atom is 0.225 e. The van der Waals surface area contributed by atoms with E-state index in [0.29, 0.717) is 17.7 Å². The van der Waals surface area contributed by atoms with Crippen molar-refractivity contribution in [3.8, 4) is 0 Å². The maximum absolute atomic E-state index is 11.8. The van der Waals surface area contributed by atoms with Gasteiger partial charge in [-0.15, -0.1) is 0 Å². The minimum atomic E-state index is 0.260. The van der Waals surface area contributed by atoms with Crippen LogP contribution in [0, 0.1) is 11.8 Å². The van der Waals surface area contributed by atoms with Crippen LogP contribution in [-0.4, -0.2) is 35.6 Å². The Bertz CT molecular complexity index is 211. The first kappa shape index (κ1) is 9.97. The zero-order valence-corrected chi connectivity index (χ0v) is 8.61. The van der Waals surface area contributed by atoms with Crippen molar-refractivity contribution in [3.63, 3.8) is 0 Å². The summed E-state index contributed by atoms with van der Waals surface area (Å²) in [4.78, 5) is 13.8. The average molecular weight is 197 g/mol. The van der Waals surface area contributed by atoms with Crippen LogP contribution in [0.4, 0.5) is 0 Å². The van der Waals surface area contributed by atoms with Crippen molar-refractivity contribution in [1.29, 1.82) is 0 Å². The first-order chi connectivity index (χ1) is 6.81. The van der Waals surface area contributed by atoms with E-state index in [0.717, 1.165) is 38.8 Å². The fourth-order valence-corrected chi connectivity index (χ4v) is 2.27. The van der Waals surface area contributed by atoms with E-state index < -0.39 is 0 Å². The highest BCUT2D eigenvalue weighted by Crippen LogP contribution is 2.32. The Balaban J connectivity index is 1.83. The summed E-state index contributed by atoms with van der Waals surface area (Å²) in [6.45, 7) is 2.09. The van der Waals surface area contributed by atoms with Gasteiger partial charge in [0.2, 0.25) is 5.91 Å². The van der Waals surface area contributed by atoms with Gasteiger partial charge in [-0.1, -0.05) is 0 Å². The van der Waals surface area contributed by atoms with E-state index in [4.69, 9.17) is 5.11 Å². The van der Waals surface area contributed by atoms with Gasteiger partial charge in [0.1, 0.15) is 0 Å². The maximum atomic E-state index is 11.8. The third kappa shape index (κ3) is 2.27. The van der Waals surface area contributed by atoms with E-state index >= 15 is 0 Å². The second-order valence-electron chi connectivity index (χ2n) is 4.58. The largest absolute Gasteiger partial charge is 0.396 e. The molecule has 14 heavy (non-hydrogen) atoms. The van der Waals surface area contributed by atoms with Crippen LogP contribution in [0.2, 0.25) is 0 Å². The number of aliphatic hydroxyl groups excluding tert-OH is 1. The number of amides is 1. The topological polar surface area (TPSA) is 40.5 Å². The summed E-state index contributed by atoms with van der Waals surface area (Å²) in [5.41, 5.74) is 0. The lowest BCUT2D eigenvalue weighted by Gasteiger charge is -2.32. The molecule has 0 radical (unpaired) electrons. The van der Waals surface area contributed by atoms with Crippen LogP contribution >= 0.6 is 0 Å². The fourth-order valence-electron chi connectivity index (χ4n) is 2.27. The second-order valence-corrected chi connectivity index (χ2v) is 4.58. The summed E-state index contributed by atoms with van der Waals surface area (Å²) in [5, 5.41) is 8.86. The van der Waals surface area contributed by atoms with E-state index in [2.05, 4.69) is 0 Å². The molecule has 3 nitrogen and oxygen atoms in total. The zero-order chi connectivity index (χ0) is 9.97. The molecule has 0 aromatic rings. The summed E-state index contributed by atoms with van der Waals surface area (Å²) in [7, 11) is 0. The van der Waals surface area contributed by atoms with Gasteiger partial charge in [-0.05, 0) is 38.0 Å². The van der Waals surface area contributed by atoms with Crippen molar-refractivity contribution in [2.75, 3.05) is 19.7 Å². The number of rotatable bonds is 3. The number of carbonyl (C=O) groups is 1. The van der Waals surface area contributed by atoms with E-state index in [1.54, 1.807) is 0 Å². The number of hydrogen-bond donors (Lipinski definition) is 1. The van der Waals surface area contributed by atoms with Gasteiger partial charge in [-0.25, -0.2) is 0 Å². The predicted molar refractivity (Wildman–Crippen MR) is 53.7 cm³/mol. The molecule has 1 atom stereocenters. The summed E-state index contributed by atoms with van der Waals surface area (Å²) in [6, 6.07) is 0. The Labute approximate surface area is 85.1 Å². The number of likely N-dealkylation sites (tertiary alicyclic amines) is 1. The van der Waals surface area contributed by atoms with Crippen molar-refractivity contribution in [2.45, 2.75) is 32.1 Å². The SMILES string of the molecule is O=C(C1CC1)N1CCCC(CCO)C1. The van der Waals surface area contributed by atoms with E-state index in [9.17, 15) is 4.79 Å². The van der Waals surface area contributed by atoms with Crippen LogP contribution in [0.1, 0.15) is 32.1 Å². The third-order valence-corrected chi connectivity index (χ3v) is 3.29. The smallest absolute Gasteiger partial charge is 0.225 e.